The van der Waals surface area contributed by atoms with Gasteiger partial charge in [-0.2, -0.15) is 0 Å². The number of carbonyl (C=O) groups is 2. The number of benzene rings is 1. The summed E-state index contributed by atoms with van der Waals surface area (Å²) in [7, 11) is 0. The fraction of sp³-hybridized carbons (Fsp3) is 0.250. The number of hydrazine groups is 1. The molecule has 0 fully saturated rings. The molecule has 0 spiro atoms. The number of amides is 2. The molecule has 0 unspecified atom stereocenters. The minimum absolute atomic E-state index is 0.0422. The second kappa shape index (κ2) is 6.83. The molecule has 1 aromatic carbocycles. The molecule has 0 aliphatic heterocycles. The lowest BCUT2D eigenvalue weighted by Gasteiger charge is -2.16. The Bertz CT molecular complexity index is 448. The van der Waals surface area contributed by atoms with E-state index in [0.29, 0.717) is 6.42 Å². The molecular weight excluding hydrogens is 250 g/mol. The lowest BCUT2D eigenvalue weighted by atomic mass is 10.1. The Morgan fingerprint density at radius 3 is 2.39 bits per heavy atom. The highest BCUT2D eigenvalue weighted by Crippen LogP contribution is 2.04. The van der Waals surface area contributed by atoms with Crippen molar-refractivity contribution in [2.45, 2.75) is 19.3 Å². The van der Waals surface area contributed by atoms with Crippen LogP contribution in [0.15, 0.2) is 30.3 Å². The first-order chi connectivity index (χ1) is 8.50. The molecule has 1 aromatic rings. The van der Waals surface area contributed by atoms with E-state index in [4.69, 9.17) is 23.8 Å². The van der Waals surface area contributed by atoms with Crippen molar-refractivity contribution in [2.24, 2.45) is 11.6 Å². The molecule has 0 aromatic heterocycles. The van der Waals surface area contributed by atoms with E-state index in [0.717, 1.165) is 10.6 Å². The summed E-state index contributed by atoms with van der Waals surface area (Å²) in [6.45, 7) is 0. The number of rotatable bonds is 5. The summed E-state index contributed by atoms with van der Waals surface area (Å²) < 4.78 is 0. The Kier molecular flexibility index (Phi) is 5.41. The minimum atomic E-state index is -0.605. The average molecular weight is 265 g/mol. The second-order valence-electron chi connectivity index (χ2n) is 3.79. The van der Waals surface area contributed by atoms with E-state index in [1.54, 1.807) is 0 Å². The molecule has 2 amide bonds. The first-order valence-electron chi connectivity index (χ1n) is 5.43. The quantitative estimate of drug-likeness (QED) is 0.351. The summed E-state index contributed by atoms with van der Waals surface area (Å²) in [5, 5.41) is 0.822. The zero-order chi connectivity index (χ0) is 13.5. The fourth-order valence-corrected chi connectivity index (χ4v) is 1.63. The predicted octanol–water partition coefficient (Wildman–Crippen LogP) is 0.524. The standard InChI is InChI=1S/C12H15N3O2S/c13-10(16)8-12(18)15(14)11(17)7-6-9-4-2-1-3-5-9/h1-5H,6-8,14H2,(H2,13,16). The summed E-state index contributed by atoms with van der Waals surface area (Å²) in [5.41, 5.74) is 6.02. The van der Waals surface area contributed by atoms with Crippen LogP contribution in [0.1, 0.15) is 18.4 Å². The predicted molar refractivity (Wildman–Crippen MR) is 72.2 cm³/mol. The molecule has 0 atom stereocenters. The van der Waals surface area contributed by atoms with Crippen LogP contribution in [0.5, 0.6) is 0 Å². The van der Waals surface area contributed by atoms with Gasteiger partial charge >= 0.3 is 0 Å². The van der Waals surface area contributed by atoms with E-state index >= 15 is 0 Å². The maximum atomic E-state index is 11.7. The van der Waals surface area contributed by atoms with Crippen LogP contribution >= 0.6 is 12.2 Å². The van der Waals surface area contributed by atoms with Crippen molar-refractivity contribution in [3.63, 3.8) is 0 Å². The number of hydrogen-bond acceptors (Lipinski definition) is 4. The average Bonchev–Trinajstić information content (AvgIpc) is 2.35. The highest BCUT2D eigenvalue weighted by Gasteiger charge is 2.15. The molecule has 0 aliphatic carbocycles. The maximum Gasteiger partial charge on any atom is 0.241 e. The number of aryl methyl sites for hydroxylation is 1. The summed E-state index contributed by atoms with van der Waals surface area (Å²) in [4.78, 5) is 22.4. The van der Waals surface area contributed by atoms with Gasteiger partial charge in [-0.3, -0.25) is 9.59 Å². The van der Waals surface area contributed by atoms with Gasteiger partial charge in [0.1, 0.15) is 4.99 Å². The lowest BCUT2D eigenvalue weighted by molar-refractivity contribution is -0.127. The largest absolute Gasteiger partial charge is 0.369 e. The topological polar surface area (TPSA) is 89.4 Å². The van der Waals surface area contributed by atoms with E-state index in [9.17, 15) is 9.59 Å². The van der Waals surface area contributed by atoms with Crippen LogP contribution in [0.25, 0.3) is 0 Å². The van der Waals surface area contributed by atoms with Gasteiger partial charge in [-0.05, 0) is 12.0 Å². The molecule has 18 heavy (non-hydrogen) atoms. The number of primary amides is 1. The van der Waals surface area contributed by atoms with Crippen LogP contribution < -0.4 is 11.6 Å². The molecule has 0 aliphatic rings. The van der Waals surface area contributed by atoms with Crippen molar-refractivity contribution in [3.8, 4) is 0 Å². The van der Waals surface area contributed by atoms with E-state index in [1.807, 2.05) is 30.3 Å². The van der Waals surface area contributed by atoms with Crippen molar-refractivity contribution in [1.29, 1.82) is 0 Å². The lowest BCUT2D eigenvalue weighted by Crippen LogP contribution is -2.43. The maximum absolute atomic E-state index is 11.7. The summed E-state index contributed by atoms with van der Waals surface area (Å²) in [6, 6.07) is 9.56. The van der Waals surface area contributed by atoms with Gasteiger partial charge in [0.25, 0.3) is 0 Å². The molecule has 5 nitrogen and oxygen atoms in total. The highest BCUT2D eigenvalue weighted by atomic mass is 32.1. The van der Waals surface area contributed by atoms with Gasteiger partial charge in [0.05, 0.1) is 6.42 Å². The molecule has 0 saturated heterocycles. The monoisotopic (exact) mass is 265 g/mol. The molecule has 0 radical (unpaired) electrons. The van der Waals surface area contributed by atoms with Crippen LogP contribution in [-0.2, 0) is 16.0 Å². The van der Waals surface area contributed by atoms with Gasteiger partial charge < -0.3 is 5.73 Å². The molecule has 4 N–H and O–H groups in total. The van der Waals surface area contributed by atoms with Gasteiger partial charge in [-0.1, -0.05) is 42.5 Å². The number of carbonyl (C=O) groups excluding carboxylic acids is 2. The normalized spacial score (nSPS) is 9.83. The van der Waals surface area contributed by atoms with Crippen LogP contribution in [0, 0.1) is 0 Å². The Labute approximate surface area is 111 Å². The number of nitrogens with zero attached hydrogens (tertiary/aromatic N) is 1. The van der Waals surface area contributed by atoms with Crippen molar-refractivity contribution in [3.05, 3.63) is 35.9 Å². The summed E-state index contributed by atoms with van der Waals surface area (Å²) in [6.07, 6.45) is 0.620. The molecule has 0 heterocycles. The first kappa shape index (κ1) is 14.3. The van der Waals surface area contributed by atoms with E-state index in [1.165, 1.54) is 0 Å². The molecular formula is C12H15N3O2S. The Morgan fingerprint density at radius 2 is 1.83 bits per heavy atom. The Morgan fingerprint density at radius 1 is 1.22 bits per heavy atom. The zero-order valence-corrected chi connectivity index (χ0v) is 10.7. The number of hydrogen-bond donors (Lipinski definition) is 2. The minimum Gasteiger partial charge on any atom is -0.369 e. The van der Waals surface area contributed by atoms with E-state index < -0.39 is 5.91 Å². The number of thiocarbonyl (C=S) groups is 1. The van der Waals surface area contributed by atoms with Gasteiger partial charge in [-0.15, -0.1) is 0 Å². The van der Waals surface area contributed by atoms with Gasteiger partial charge in [0, 0.05) is 6.42 Å². The third kappa shape index (κ3) is 4.60. The third-order valence-corrected chi connectivity index (χ3v) is 2.67. The van der Waals surface area contributed by atoms with Crippen LogP contribution in [-0.4, -0.2) is 21.8 Å². The zero-order valence-electron chi connectivity index (χ0n) is 9.83. The third-order valence-electron chi connectivity index (χ3n) is 2.33. The van der Waals surface area contributed by atoms with Crippen molar-refractivity contribution >= 4 is 29.0 Å². The van der Waals surface area contributed by atoms with Gasteiger partial charge in [0.2, 0.25) is 11.8 Å². The fourth-order valence-electron chi connectivity index (χ4n) is 1.39. The SMILES string of the molecule is NC(=O)CC(=S)N(N)C(=O)CCc1ccccc1. The highest BCUT2D eigenvalue weighted by molar-refractivity contribution is 7.80. The molecule has 6 heteroatoms. The Balaban J connectivity index is 2.45. The van der Waals surface area contributed by atoms with Crippen molar-refractivity contribution in [1.82, 2.24) is 5.01 Å². The smallest absolute Gasteiger partial charge is 0.241 e. The van der Waals surface area contributed by atoms with E-state index in [-0.39, 0.29) is 23.7 Å². The van der Waals surface area contributed by atoms with Crippen LogP contribution in [0.3, 0.4) is 0 Å². The first-order valence-corrected chi connectivity index (χ1v) is 5.84. The van der Waals surface area contributed by atoms with Crippen molar-refractivity contribution < 1.29 is 9.59 Å². The van der Waals surface area contributed by atoms with Gasteiger partial charge in [0.15, 0.2) is 0 Å². The second-order valence-corrected chi connectivity index (χ2v) is 4.26. The van der Waals surface area contributed by atoms with E-state index in [2.05, 4.69) is 0 Å². The van der Waals surface area contributed by atoms with Crippen LogP contribution in [0.2, 0.25) is 0 Å². The number of nitrogens with two attached hydrogens (primary N) is 2. The van der Waals surface area contributed by atoms with Crippen LogP contribution in [0.4, 0.5) is 0 Å². The summed E-state index contributed by atoms with van der Waals surface area (Å²) >= 11 is 4.84. The van der Waals surface area contributed by atoms with Gasteiger partial charge in [-0.25, -0.2) is 10.9 Å². The molecule has 0 bridgehead atoms. The van der Waals surface area contributed by atoms with Crippen molar-refractivity contribution in [2.75, 3.05) is 0 Å². The summed E-state index contributed by atoms with van der Waals surface area (Å²) in [5.74, 6) is 4.57. The molecule has 1 rings (SSSR count). The molecule has 0 saturated carbocycles. The Hall–Kier alpha value is -1.79. The molecule has 96 valence electrons.